The fourth-order valence-electron chi connectivity index (χ4n) is 1.40. The summed E-state index contributed by atoms with van der Waals surface area (Å²) in [6.45, 7) is 1.05. The lowest BCUT2D eigenvalue weighted by atomic mass is 10.1. The molecule has 0 aliphatic rings. The number of carbonyl (C=O) groups excluding carboxylic acids is 1. The van der Waals surface area contributed by atoms with Crippen LogP contribution in [0.1, 0.15) is 22.3 Å². The molecular weight excluding hydrogens is 261 g/mol. The second kappa shape index (κ2) is 7.25. The summed E-state index contributed by atoms with van der Waals surface area (Å²) >= 11 is 0. The van der Waals surface area contributed by atoms with E-state index in [9.17, 15) is 18.0 Å². The van der Waals surface area contributed by atoms with Crippen LogP contribution in [0, 0.1) is 0 Å². The minimum atomic E-state index is -4.38. The molecule has 0 aromatic heterocycles. The highest BCUT2D eigenvalue weighted by atomic mass is 19.4. The molecule has 0 aliphatic heterocycles. The zero-order chi connectivity index (χ0) is 14.3. The molecule has 0 bridgehead atoms. The van der Waals surface area contributed by atoms with Crippen molar-refractivity contribution in [1.82, 2.24) is 0 Å². The van der Waals surface area contributed by atoms with Crippen LogP contribution in [0.25, 0.3) is 0 Å². The summed E-state index contributed by atoms with van der Waals surface area (Å²) in [5, 5.41) is 0. The topological polar surface area (TPSA) is 35.5 Å². The van der Waals surface area contributed by atoms with Gasteiger partial charge in [0.15, 0.2) is 5.78 Å². The largest absolute Gasteiger partial charge is 0.416 e. The second-order valence-electron chi connectivity index (χ2n) is 3.85. The van der Waals surface area contributed by atoms with E-state index < -0.39 is 11.7 Å². The van der Waals surface area contributed by atoms with Crippen LogP contribution in [-0.4, -0.2) is 32.7 Å². The first-order chi connectivity index (χ1) is 8.95. The van der Waals surface area contributed by atoms with Crippen LogP contribution in [0.4, 0.5) is 13.2 Å². The summed E-state index contributed by atoms with van der Waals surface area (Å²) in [5.74, 6) is -0.244. The van der Waals surface area contributed by atoms with E-state index >= 15 is 0 Å². The maximum absolute atomic E-state index is 12.3. The summed E-state index contributed by atoms with van der Waals surface area (Å²) in [7, 11) is 1.54. The fraction of sp³-hybridized carbons (Fsp3) is 0.462. The Hall–Kier alpha value is -1.40. The van der Waals surface area contributed by atoms with Crippen LogP contribution >= 0.6 is 0 Å². The van der Waals surface area contributed by atoms with Gasteiger partial charge in [-0.1, -0.05) is 12.1 Å². The lowest BCUT2D eigenvalue weighted by Gasteiger charge is -2.07. The number of carbonyl (C=O) groups is 1. The summed E-state index contributed by atoms with van der Waals surface area (Å²) < 4.78 is 46.9. The van der Waals surface area contributed by atoms with Gasteiger partial charge < -0.3 is 9.47 Å². The Morgan fingerprint density at radius 3 is 2.26 bits per heavy atom. The van der Waals surface area contributed by atoms with E-state index in [4.69, 9.17) is 9.47 Å². The zero-order valence-corrected chi connectivity index (χ0v) is 10.5. The molecule has 1 aromatic rings. The van der Waals surface area contributed by atoms with E-state index in [1.807, 2.05) is 0 Å². The molecule has 0 saturated carbocycles. The van der Waals surface area contributed by atoms with E-state index in [2.05, 4.69) is 0 Å². The number of ether oxygens (including phenoxy) is 2. The number of rotatable bonds is 7. The maximum atomic E-state index is 12.3. The number of methoxy groups -OCH3 is 1. The Balaban J connectivity index is 2.45. The van der Waals surface area contributed by atoms with Gasteiger partial charge in [0, 0.05) is 19.1 Å². The smallest absolute Gasteiger partial charge is 0.382 e. The van der Waals surface area contributed by atoms with Gasteiger partial charge in [-0.15, -0.1) is 0 Å². The van der Waals surface area contributed by atoms with Crippen LogP contribution in [0.2, 0.25) is 0 Å². The van der Waals surface area contributed by atoms with Crippen LogP contribution < -0.4 is 0 Å². The van der Waals surface area contributed by atoms with E-state index in [-0.39, 0.29) is 24.4 Å². The number of alkyl halides is 3. The van der Waals surface area contributed by atoms with E-state index in [1.54, 1.807) is 0 Å². The summed E-state index contributed by atoms with van der Waals surface area (Å²) in [6, 6.07) is 4.17. The van der Waals surface area contributed by atoms with Crippen molar-refractivity contribution in [1.29, 1.82) is 0 Å². The number of ketones is 1. The van der Waals surface area contributed by atoms with Gasteiger partial charge in [0.05, 0.1) is 25.4 Å². The molecule has 106 valence electrons. The predicted molar refractivity (Wildman–Crippen MR) is 63.1 cm³/mol. The van der Waals surface area contributed by atoms with E-state index in [1.165, 1.54) is 19.2 Å². The van der Waals surface area contributed by atoms with Gasteiger partial charge in [0.25, 0.3) is 0 Å². The molecule has 0 spiro atoms. The maximum Gasteiger partial charge on any atom is 0.416 e. The minimum Gasteiger partial charge on any atom is -0.382 e. The van der Waals surface area contributed by atoms with Gasteiger partial charge in [0.1, 0.15) is 0 Å². The van der Waals surface area contributed by atoms with Gasteiger partial charge in [-0.2, -0.15) is 13.2 Å². The number of halogens is 3. The highest BCUT2D eigenvalue weighted by Gasteiger charge is 2.30. The number of benzene rings is 1. The van der Waals surface area contributed by atoms with Crippen molar-refractivity contribution in [3.05, 3.63) is 35.4 Å². The van der Waals surface area contributed by atoms with Gasteiger partial charge in [-0.25, -0.2) is 0 Å². The van der Waals surface area contributed by atoms with Gasteiger partial charge in [0.2, 0.25) is 0 Å². The molecule has 0 fully saturated rings. The van der Waals surface area contributed by atoms with Crippen molar-refractivity contribution in [3.8, 4) is 0 Å². The molecule has 6 heteroatoms. The Bertz CT molecular complexity index is 399. The third-order valence-corrected chi connectivity index (χ3v) is 2.44. The normalized spacial score (nSPS) is 11.6. The second-order valence-corrected chi connectivity index (χ2v) is 3.85. The third-order valence-electron chi connectivity index (χ3n) is 2.44. The SMILES string of the molecule is COCCOCCC(=O)c1ccc(C(F)(F)F)cc1. The van der Waals surface area contributed by atoms with Crippen molar-refractivity contribution < 1.29 is 27.4 Å². The van der Waals surface area contributed by atoms with Gasteiger partial charge >= 0.3 is 6.18 Å². The predicted octanol–water partition coefficient (Wildman–Crippen LogP) is 2.94. The molecule has 3 nitrogen and oxygen atoms in total. The quantitative estimate of drug-likeness (QED) is 0.567. The highest BCUT2D eigenvalue weighted by Crippen LogP contribution is 2.29. The first-order valence-corrected chi connectivity index (χ1v) is 5.72. The summed E-state index contributed by atoms with van der Waals surface area (Å²) in [4.78, 5) is 11.6. The first-order valence-electron chi connectivity index (χ1n) is 5.72. The lowest BCUT2D eigenvalue weighted by Crippen LogP contribution is -2.09. The molecule has 0 saturated heterocycles. The molecule has 0 amide bonds. The fourth-order valence-corrected chi connectivity index (χ4v) is 1.40. The number of Topliss-reactive ketones (excluding diaryl/α,β-unsaturated/α-hetero) is 1. The Kier molecular flexibility index (Phi) is 5.98. The summed E-state index contributed by atoms with van der Waals surface area (Å²) in [5.41, 5.74) is -0.510. The van der Waals surface area contributed by atoms with E-state index in [0.717, 1.165) is 12.1 Å². The number of hydrogen-bond acceptors (Lipinski definition) is 3. The summed E-state index contributed by atoms with van der Waals surface area (Å²) in [6.07, 6.45) is -4.25. The Morgan fingerprint density at radius 2 is 1.74 bits per heavy atom. The first kappa shape index (κ1) is 15.7. The van der Waals surface area contributed by atoms with Crippen LogP contribution in [0.3, 0.4) is 0 Å². The molecule has 19 heavy (non-hydrogen) atoms. The molecule has 1 aromatic carbocycles. The Morgan fingerprint density at radius 1 is 1.11 bits per heavy atom. The molecule has 0 unspecified atom stereocenters. The lowest BCUT2D eigenvalue weighted by molar-refractivity contribution is -0.137. The molecule has 0 N–H and O–H groups in total. The van der Waals surface area contributed by atoms with Crippen molar-refractivity contribution in [2.45, 2.75) is 12.6 Å². The molecule has 1 rings (SSSR count). The van der Waals surface area contributed by atoms with Crippen LogP contribution in [0.15, 0.2) is 24.3 Å². The standard InChI is InChI=1S/C13H15F3O3/c1-18-8-9-19-7-6-12(17)10-2-4-11(5-3-10)13(14,15)16/h2-5H,6-9H2,1H3. The van der Waals surface area contributed by atoms with Gasteiger partial charge in [-0.05, 0) is 12.1 Å². The van der Waals surface area contributed by atoms with Crippen molar-refractivity contribution >= 4 is 5.78 Å². The number of hydrogen-bond donors (Lipinski definition) is 0. The average Bonchev–Trinajstić information content (AvgIpc) is 2.37. The molecule has 0 radical (unpaired) electrons. The van der Waals surface area contributed by atoms with E-state index in [0.29, 0.717) is 13.2 Å². The monoisotopic (exact) mass is 276 g/mol. The Labute approximate surface area is 109 Å². The van der Waals surface area contributed by atoms with Gasteiger partial charge in [-0.3, -0.25) is 4.79 Å². The van der Waals surface area contributed by atoms with Crippen LogP contribution in [0.5, 0.6) is 0 Å². The third kappa shape index (κ3) is 5.40. The van der Waals surface area contributed by atoms with Crippen molar-refractivity contribution in [2.24, 2.45) is 0 Å². The van der Waals surface area contributed by atoms with Crippen molar-refractivity contribution in [3.63, 3.8) is 0 Å². The van der Waals surface area contributed by atoms with Crippen molar-refractivity contribution in [2.75, 3.05) is 26.9 Å². The molecule has 0 aliphatic carbocycles. The zero-order valence-electron chi connectivity index (χ0n) is 10.5. The molecule has 0 heterocycles. The average molecular weight is 276 g/mol. The highest BCUT2D eigenvalue weighted by molar-refractivity contribution is 5.96. The molecule has 0 atom stereocenters. The minimum absolute atomic E-state index is 0.134. The molecular formula is C13H15F3O3. The van der Waals surface area contributed by atoms with Crippen LogP contribution in [-0.2, 0) is 15.7 Å².